The highest BCUT2D eigenvalue weighted by atomic mass is 35.5. The van der Waals surface area contributed by atoms with Crippen LogP contribution in [0.5, 0.6) is 0 Å². The number of hydrogen-bond acceptors (Lipinski definition) is 5. The lowest BCUT2D eigenvalue weighted by Crippen LogP contribution is -2.53. The Bertz CT molecular complexity index is 1140. The molecular weight excluding hydrogens is 451 g/mol. The second-order valence-corrected chi connectivity index (χ2v) is 8.76. The molecule has 2 aromatic heterocycles. The molecule has 1 fully saturated rings. The molecular formula is C22H24Cl2N6O2. The molecule has 3 aromatic rings. The van der Waals surface area contributed by atoms with Crippen molar-refractivity contribution in [3.63, 3.8) is 0 Å². The van der Waals surface area contributed by atoms with E-state index in [-0.39, 0.29) is 24.5 Å². The molecule has 4 rings (SSSR count). The first-order valence-electron chi connectivity index (χ1n) is 10.4. The molecule has 2 amide bonds. The smallest absolute Gasteiger partial charge is 0.252 e. The number of carbonyl (C=O) groups excluding carboxylic acids is 2. The zero-order chi connectivity index (χ0) is 22.8. The molecule has 3 heterocycles. The average Bonchev–Trinajstić information content (AvgIpc) is 3.22. The average molecular weight is 475 g/mol. The van der Waals surface area contributed by atoms with Crippen molar-refractivity contribution in [2.24, 2.45) is 5.73 Å². The molecule has 2 atom stereocenters. The summed E-state index contributed by atoms with van der Waals surface area (Å²) < 4.78 is 0. The molecule has 32 heavy (non-hydrogen) atoms. The van der Waals surface area contributed by atoms with E-state index in [0.717, 1.165) is 18.2 Å². The van der Waals surface area contributed by atoms with Crippen molar-refractivity contribution < 1.29 is 9.59 Å². The Kier molecular flexibility index (Phi) is 6.43. The summed E-state index contributed by atoms with van der Waals surface area (Å²) in [5.41, 5.74) is 7.90. The van der Waals surface area contributed by atoms with E-state index in [1.54, 1.807) is 24.4 Å². The fourth-order valence-electron chi connectivity index (χ4n) is 4.16. The number of benzene rings is 1. The van der Waals surface area contributed by atoms with Crippen LogP contribution >= 0.6 is 23.2 Å². The monoisotopic (exact) mass is 474 g/mol. The van der Waals surface area contributed by atoms with E-state index in [4.69, 9.17) is 28.9 Å². The Morgan fingerprint density at radius 1 is 1.28 bits per heavy atom. The molecule has 1 aliphatic rings. The van der Waals surface area contributed by atoms with E-state index in [1.807, 2.05) is 17.9 Å². The van der Waals surface area contributed by atoms with Gasteiger partial charge in [-0.25, -0.2) is 4.98 Å². The van der Waals surface area contributed by atoms with Gasteiger partial charge in [-0.15, -0.1) is 0 Å². The second kappa shape index (κ2) is 9.26. The van der Waals surface area contributed by atoms with Crippen LogP contribution in [0.3, 0.4) is 0 Å². The number of anilines is 2. The van der Waals surface area contributed by atoms with Gasteiger partial charge < -0.3 is 26.3 Å². The first-order valence-corrected chi connectivity index (χ1v) is 11.1. The Morgan fingerprint density at radius 3 is 2.75 bits per heavy atom. The van der Waals surface area contributed by atoms with Crippen LogP contribution in [0.15, 0.2) is 36.7 Å². The van der Waals surface area contributed by atoms with Crippen LogP contribution in [0.25, 0.3) is 11.0 Å². The number of pyridine rings is 1. The van der Waals surface area contributed by atoms with Gasteiger partial charge in [0.2, 0.25) is 5.91 Å². The number of piperidine rings is 1. The molecule has 0 radical (unpaired) electrons. The number of likely N-dealkylation sites (tertiary alicyclic amines) is 1. The first-order chi connectivity index (χ1) is 15.3. The van der Waals surface area contributed by atoms with Gasteiger partial charge in [-0.05, 0) is 44.0 Å². The van der Waals surface area contributed by atoms with Crippen LogP contribution in [-0.2, 0) is 4.79 Å². The fourth-order valence-corrected chi connectivity index (χ4v) is 4.68. The number of halogens is 2. The summed E-state index contributed by atoms with van der Waals surface area (Å²) >= 11 is 12.1. The molecule has 8 nitrogen and oxygen atoms in total. The Balaban J connectivity index is 1.49. The summed E-state index contributed by atoms with van der Waals surface area (Å²) in [6.45, 7) is 2.79. The number of nitrogens with zero attached hydrogens (tertiary/aromatic N) is 2. The van der Waals surface area contributed by atoms with Gasteiger partial charge in [-0.1, -0.05) is 23.2 Å². The number of H-pyrrole nitrogens is 1. The zero-order valence-corrected chi connectivity index (χ0v) is 19.0. The highest BCUT2D eigenvalue weighted by Gasteiger charge is 2.32. The van der Waals surface area contributed by atoms with Gasteiger partial charge in [0, 0.05) is 52.1 Å². The van der Waals surface area contributed by atoms with Crippen LogP contribution in [0.4, 0.5) is 11.4 Å². The highest BCUT2D eigenvalue weighted by Crippen LogP contribution is 2.29. The summed E-state index contributed by atoms with van der Waals surface area (Å²) in [5, 5.41) is 8.36. The fraction of sp³-hybridized carbons (Fsp3) is 0.318. The van der Waals surface area contributed by atoms with Crippen LogP contribution in [0.1, 0.15) is 30.1 Å². The van der Waals surface area contributed by atoms with E-state index < -0.39 is 5.91 Å². The lowest BCUT2D eigenvalue weighted by molar-refractivity contribution is -0.132. The summed E-state index contributed by atoms with van der Waals surface area (Å²) in [5.74, 6) is -0.583. The van der Waals surface area contributed by atoms with Crippen LogP contribution < -0.4 is 16.4 Å². The van der Waals surface area contributed by atoms with Gasteiger partial charge in [0.05, 0.1) is 17.8 Å². The number of rotatable bonds is 6. The van der Waals surface area contributed by atoms with Crippen molar-refractivity contribution in [1.29, 1.82) is 0 Å². The maximum atomic E-state index is 13.0. The normalized spacial score (nSPS) is 18.5. The third-order valence-electron chi connectivity index (χ3n) is 5.80. The Labute approximate surface area is 195 Å². The molecule has 10 heteroatoms. The third kappa shape index (κ3) is 4.61. The summed E-state index contributed by atoms with van der Waals surface area (Å²) in [6.07, 6.45) is 4.93. The van der Waals surface area contributed by atoms with Crippen molar-refractivity contribution in [2.75, 3.05) is 23.7 Å². The molecule has 0 aliphatic carbocycles. The van der Waals surface area contributed by atoms with Crippen molar-refractivity contribution in [2.45, 2.75) is 31.8 Å². The molecule has 0 bridgehead atoms. The molecule has 1 aliphatic heterocycles. The number of hydrogen-bond donors (Lipinski definition) is 4. The van der Waals surface area contributed by atoms with Gasteiger partial charge in [0.1, 0.15) is 5.65 Å². The Hall–Kier alpha value is -2.97. The maximum absolute atomic E-state index is 13.0. The Morgan fingerprint density at radius 2 is 2.03 bits per heavy atom. The predicted molar refractivity (Wildman–Crippen MR) is 127 cm³/mol. The number of aromatic amines is 1. The zero-order valence-electron chi connectivity index (χ0n) is 17.5. The number of nitrogens with one attached hydrogen (secondary N) is 3. The number of carbonyl (C=O) groups is 2. The molecule has 168 valence electrons. The summed E-state index contributed by atoms with van der Waals surface area (Å²) in [7, 11) is 0. The SMILES string of the molecule is CC1C(Nc2c(C(N)=O)cnc3[nH]ccc23)CCCN1C(=O)CNc1cc(Cl)cc(Cl)c1. The maximum Gasteiger partial charge on any atom is 0.252 e. The van der Waals surface area contributed by atoms with Crippen LogP contribution in [0.2, 0.25) is 10.0 Å². The lowest BCUT2D eigenvalue weighted by atomic mass is 9.96. The van der Waals surface area contributed by atoms with E-state index >= 15 is 0 Å². The summed E-state index contributed by atoms with van der Waals surface area (Å²) in [4.78, 5) is 34.1. The minimum absolute atomic E-state index is 0.0308. The topological polar surface area (TPSA) is 116 Å². The number of fused-ring (bicyclic) bond motifs is 1. The van der Waals surface area contributed by atoms with Crippen molar-refractivity contribution in [3.8, 4) is 0 Å². The molecule has 0 spiro atoms. The summed E-state index contributed by atoms with van der Waals surface area (Å²) in [6, 6.07) is 6.80. The van der Waals surface area contributed by atoms with Crippen molar-refractivity contribution >= 4 is 57.4 Å². The van der Waals surface area contributed by atoms with Gasteiger partial charge in [-0.2, -0.15) is 0 Å². The van der Waals surface area contributed by atoms with Crippen LogP contribution in [-0.4, -0.2) is 51.9 Å². The molecule has 2 unspecified atom stereocenters. The van der Waals surface area contributed by atoms with E-state index in [2.05, 4.69) is 20.6 Å². The van der Waals surface area contributed by atoms with E-state index in [9.17, 15) is 9.59 Å². The van der Waals surface area contributed by atoms with Gasteiger partial charge in [-0.3, -0.25) is 9.59 Å². The minimum Gasteiger partial charge on any atom is -0.379 e. The third-order valence-corrected chi connectivity index (χ3v) is 6.23. The lowest BCUT2D eigenvalue weighted by Gasteiger charge is -2.40. The molecule has 1 aromatic carbocycles. The van der Waals surface area contributed by atoms with E-state index in [1.165, 1.54) is 6.20 Å². The molecule has 0 saturated carbocycles. The number of primary amides is 1. The number of nitrogens with two attached hydrogens (primary N) is 1. The van der Waals surface area contributed by atoms with Gasteiger partial charge in [0.25, 0.3) is 5.91 Å². The first kappa shape index (κ1) is 22.2. The highest BCUT2D eigenvalue weighted by molar-refractivity contribution is 6.35. The van der Waals surface area contributed by atoms with Crippen molar-refractivity contribution in [3.05, 3.63) is 52.3 Å². The predicted octanol–water partition coefficient (Wildman–Crippen LogP) is 3.87. The van der Waals surface area contributed by atoms with Gasteiger partial charge in [0.15, 0.2) is 0 Å². The second-order valence-electron chi connectivity index (χ2n) is 7.88. The quantitative estimate of drug-likeness (QED) is 0.432. The van der Waals surface area contributed by atoms with E-state index in [0.29, 0.717) is 39.2 Å². The molecule has 5 N–H and O–H groups in total. The number of amides is 2. The van der Waals surface area contributed by atoms with Gasteiger partial charge >= 0.3 is 0 Å². The minimum atomic E-state index is -0.552. The van der Waals surface area contributed by atoms with Crippen LogP contribution in [0, 0.1) is 0 Å². The largest absolute Gasteiger partial charge is 0.379 e. The molecule has 1 saturated heterocycles. The number of aromatic nitrogens is 2. The van der Waals surface area contributed by atoms with Crippen molar-refractivity contribution in [1.82, 2.24) is 14.9 Å². The standard InChI is InChI=1S/C22H24Cl2N6O2/c1-12-18(29-20-16-4-5-26-22(16)28-10-17(20)21(25)32)3-2-6-30(12)19(31)11-27-15-8-13(23)7-14(24)9-15/h4-5,7-10,12,18,27H,2-3,6,11H2,1H3,(H2,25,32)(H2,26,28,29).